The molecule has 1 aliphatic rings. The van der Waals surface area contributed by atoms with Gasteiger partial charge in [0.15, 0.2) is 0 Å². The van der Waals surface area contributed by atoms with Gasteiger partial charge in [0.25, 0.3) is 11.8 Å². The maximum atomic E-state index is 12.8. The summed E-state index contributed by atoms with van der Waals surface area (Å²) >= 11 is 0. The number of alkyl halides is 3. The molecule has 0 saturated carbocycles. The Morgan fingerprint density at radius 3 is 2.08 bits per heavy atom. The Balaban J connectivity index is 1.79. The van der Waals surface area contributed by atoms with Gasteiger partial charge in [0, 0.05) is 12.2 Å². The Labute approximate surface area is 135 Å². The van der Waals surface area contributed by atoms with Crippen molar-refractivity contribution in [1.29, 1.82) is 0 Å². The molecule has 1 aliphatic heterocycles. The third kappa shape index (κ3) is 2.84. The van der Waals surface area contributed by atoms with E-state index in [0.29, 0.717) is 16.7 Å². The quantitative estimate of drug-likeness (QED) is 0.693. The van der Waals surface area contributed by atoms with Gasteiger partial charge in [-0.2, -0.15) is 13.2 Å². The average molecular weight is 334 g/mol. The third-order valence-electron chi connectivity index (χ3n) is 3.84. The van der Waals surface area contributed by atoms with Gasteiger partial charge in [-0.25, -0.2) is 0 Å². The molecule has 0 aliphatic carbocycles. The Morgan fingerprint density at radius 2 is 1.54 bits per heavy atom. The average Bonchev–Trinajstić information content (AvgIpc) is 2.76. The van der Waals surface area contributed by atoms with E-state index in [1.54, 1.807) is 24.3 Å². The van der Waals surface area contributed by atoms with Gasteiger partial charge in [0.1, 0.15) is 0 Å². The van der Waals surface area contributed by atoms with E-state index in [4.69, 9.17) is 5.73 Å². The van der Waals surface area contributed by atoms with Crippen LogP contribution in [-0.2, 0) is 12.6 Å². The second-order valence-corrected chi connectivity index (χ2v) is 5.52. The number of nitrogen functional groups attached to an aromatic ring is 1. The van der Waals surface area contributed by atoms with Crippen LogP contribution in [0.3, 0.4) is 0 Å². The van der Waals surface area contributed by atoms with Crippen molar-refractivity contribution in [2.24, 2.45) is 0 Å². The molecule has 0 saturated heterocycles. The number of anilines is 1. The number of hydrogen-bond acceptors (Lipinski definition) is 3. The third-order valence-corrected chi connectivity index (χ3v) is 3.84. The first-order valence-corrected chi connectivity index (χ1v) is 7.19. The molecule has 1 heterocycles. The molecule has 0 aromatic heterocycles. The zero-order valence-corrected chi connectivity index (χ0v) is 12.4. The zero-order valence-electron chi connectivity index (χ0n) is 12.4. The van der Waals surface area contributed by atoms with Gasteiger partial charge < -0.3 is 5.73 Å². The van der Waals surface area contributed by atoms with Crippen molar-refractivity contribution in [1.82, 2.24) is 4.90 Å². The Hall–Kier alpha value is -2.83. The van der Waals surface area contributed by atoms with Crippen molar-refractivity contribution in [2.75, 3.05) is 12.3 Å². The molecule has 2 aromatic rings. The smallest absolute Gasteiger partial charge is 0.399 e. The molecule has 2 amide bonds. The number of halogens is 3. The maximum absolute atomic E-state index is 12.8. The van der Waals surface area contributed by atoms with Gasteiger partial charge in [-0.1, -0.05) is 12.1 Å². The van der Waals surface area contributed by atoms with Crippen LogP contribution < -0.4 is 5.73 Å². The second kappa shape index (κ2) is 5.67. The molecule has 124 valence electrons. The van der Waals surface area contributed by atoms with Crippen LogP contribution in [0.4, 0.5) is 18.9 Å². The predicted molar refractivity (Wildman–Crippen MR) is 81.4 cm³/mol. The van der Waals surface area contributed by atoms with E-state index >= 15 is 0 Å². The van der Waals surface area contributed by atoms with Gasteiger partial charge in [-0.15, -0.1) is 0 Å². The number of amides is 2. The van der Waals surface area contributed by atoms with E-state index in [-0.39, 0.29) is 18.7 Å². The molecule has 7 heteroatoms. The molecule has 0 unspecified atom stereocenters. The van der Waals surface area contributed by atoms with Crippen molar-refractivity contribution in [3.8, 4) is 0 Å². The van der Waals surface area contributed by atoms with Crippen LogP contribution in [0.25, 0.3) is 0 Å². The lowest BCUT2D eigenvalue weighted by molar-refractivity contribution is -0.137. The molecular formula is C17H13F3N2O2. The fraction of sp³-hybridized carbons (Fsp3) is 0.176. The first-order valence-electron chi connectivity index (χ1n) is 7.19. The van der Waals surface area contributed by atoms with E-state index in [0.717, 1.165) is 17.0 Å². The van der Waals surface area contributed by atoms with Gasteiger partial charge in [0.05, 0.1) is 16.7 Å². The molecule has 0 atom stereocenters. The summed E-state index contributed by atoms with van der Waals surface area (Å²) in [6, 6.07) is 9.66. The fourth-order valence-corrected chi connectivity index (χ4v) is 2.71. The Kier molecular flexibility index (Phi) is 3.79. The highest BCUT2D eigenvalue weighted by Crippen LogP contribution is 2.31. The summed E-state index contributed by atoms with van der Waals surface area (Å²) in [5.41, 5.74) is 5.60. The molecular weight excluding hydrogens is 321 g/mol. The van der Waals surface area contributed by atoms with Gasteiger partial charge in [-0.05, 0) is 42.3 Å². The number of carbonyl (C=O) groups excluding carboxylic acids is 2. The lowest BCUT2D eigenvalue weighted by atomic mass is 10.1. The van der Waals surface area contributed by atoms with E-state index in [2.05, 4.69) is 0 Å². The van der Waals surface area contributed by atoms with Crippen molar-refractivity contribution in [2.45, 2.75) is 12.6 Å². The van der Waals surface area contributed by atoms with Crippen LogP contribution >= 0.6 is 0 Å². The number of fused-ring (bicyclic) bond motifs is 1. The summed E-state index contributed by atoms with van der Waals surface area (Å²) in [5.74, 6) is -0.869. The first-order chi connectivity index (χ1) is 11.3. The van der Waals surface area contributed by atoms with E-state index in [9.17, 15) is 22.8 Å². The molecule has 0 fully saturated rings. The monoisotopic (exact) mass is 334 g/mol. The number of imide groups is 1. The molecule has 2 aromatic carbocycles. The van der Waals surface area contributed by atoms with Crippen LogP contribution in [0.2, 0.25) is 0 Å². The van der Waals surface area contributed by atoms with E-state index in [1.165, 1.54) is 6.07 Å². The summed E-state index contributed by atoms with van der Waals surface area (Å²) in [5, 5.41) is 0. The molecule has 3 rings (SSSR count). The number of carbonyl (C=O) groups is 2. The maximum Gasteiger partial charge on any atom is 0.416 e. The minimum Gasteiger partial charge on any atom is -0.399 e. The molecule has 4 nitrogen and oxygen atoms in total. The summed E-state index contributed by atoms with van der Waals surface area (Å²) in [6.45, 7) is -0.00685. The summed E-state index contributed by atoms with van der Waals surface area (Å²) in [7, 11) is 0. The zero-order chi connectivity index (χ0) is 17.5. The van der Waals surface area contributed by atoms with Crippen LogP contribution in [0, 0.1) is 0 Å². The first kappa shape index (κ1) is 16.0. The summed E-state index contributed by atoms with van der Waals surface area (Å²) in [6.07, 6.45) is -4.40. The number of hydrogen-bond donors (Lipinski definition) is 1. The van der Waals surface area contributed by atoms with E-state index < -0.39 is 23.6 Å². The van der Waals surface area contributed by atoms with Crippen molar-refractivity contribution >= 4 is 17.5 Å². The molecule has 0 bridgehead atoms. The molecule has 0 radical (unpaired) electrons. The normalized spacial score (nSPS) is 14.2. The lowest BCUT2D eigenvalue weighted by Gasteiger charge is -2.15. The van der Waals surface area contributed by atoms with Crippen LogP contribution in [0.15, 0.2) is 42.5 Å². The van der Waals surface area contributed by atoms with E-state index in [1.807, 2.05) is 0 Å². The van der Waals surface area contributed by atoms with Crippen molar-refractivity contribution in [3.05, 3.63) is 64.7 Å². The van der Waals surface area contributed by atoms with Gasteiger partial charge in [-0.3, -0.25) is 14.5 Å². The highest BCUT2D eigenvalue weighted by Gasteiger charge is 2.35. The lowest BCUT2D eigenvalue weighted by Crippen LogP contribution is -2.31. The number of rotatable bonds is 3. The summed E-state index contributed by atoms with van der Waals surface area (Å²) < 4.78 is 38.5. The molecule has 24 heavy (non-hydrogen) atoms. The summed E-state index contributed by atoms with van der Waals surface area (Å²) in [4.78, 5) is 25.5. The van der Waals surface area contributed by atoms with Crippen LogP contribution in [-0.4, -0.2) is 23.3 Å². The number of benzene rings is 2. The van der Waals surface area contributed by atoms with Crippen molar-refractivity contribution < 1.29 is 22.8 Å². The molecule has 0 spiro atoms. The predicted octanol–water partition coefficient (Wildman–Crippen LogP) is 3.13. The Morgan fingerprint density at radius 1 is 0.958 bits per heavy atom. The molecule has 2 N–H and O–H groups in total. The topological polar surface area (TPSA) is 63.4 Å². The highest BCUT2D eigenvalue weighted by atomic mass is 19.4. The van der Waals surface area contributed by atoms with Gasteiger partial charge >= 0.3 is 6.18 Å². The number of nitrogens with zero attached hydrogens (tertiary/aromatic N) is 1. The number of nitrogens with two attached hydrogens (primary N) is 1. The van der Waals surface area contributed by atoms with Crippen LogP contribution in [0.1, 0.15) is 31.8 Å². The van der Waals surface area contributed by atoms with Gasteiger partial charge in [0.2, 0.25) is 0 Å². The minimum absolute atomic E-state index is 0.00685. The standard InChI is InChI=1S/C17H13F3N2O2/c18-17(19,20)11-7-10(8-12(21)9-11)5-6-22-15(23)13-3-1-2-4-14(13)16(22)24/h1-4,7-9H,5-6,21H2. The SMILES string of the molecule is Nc1cc(CCN2C(=O)c3ccccc3C2=O)cc(C(F)(F)F)c1. The van der Waals surface area contributed by atoms with Crippen LogP contribution in [0.5, 0.6) is 0 Å². The van der Waals surface area contributed by atoms with Crippen molar-refractivity contribution in [3.63, 3.8) is 0 Å². The minimum atomic E-state index is -4.50. The fourth-order valence-electron chi connectivity index (χ4n) is 2.71. The highest BCUT2D eigenvalue weighted by molar-refractivity contribution is 6.21. The largest absolute Gasteiger partial charge is 0.416 e. The Bertz CT molecular complexity index is 796. The second-order valence-electron chi connectivity index (χ2n) is 5.52.